The molecular formula is C14H14BrN3S. The topological polar surface area (TPSA) is 51.8 Å². The predicted molar refractivity (Wildman–Crippen MR) is 82.2 cm³/mol. The molecule has 19 heavy (non-hydrogen) atoms. The van der Waals surface area contributed by atoms with Crippen molar-refractivity contribution < 1.29 is 0 Å². The molecule has 0 saturated heterocycles. The van der Waals surface area contributed by atoms with E-state index >= 15 is 0 Å². The average molecular weight is 336 g/mol. The maximum Gasteiger partial charge on any atom is 0.141 e. The maximum atomic E-state index is 5.99. The molecule has 5 heteroatoms. The summed E-state index contributed by atoms with van der Waals surface area (Å²) in [7, 11) is 0. The van der Waals surface area contributed by atoms with Gasteiger partial charge in [0.2, 0.25) is 0 Å². The van der Waals surface area contributed by atoms with Crippen molar-refractivity contribution in [2.24, 2.45) is 0 Å². The molecule has 1 aliphatic carbocycles. The zero-order valence-corrected chi connectivity index (χ0v) is 12.8. The number of anilines is 1. The van der Waals surface area contributed by atoms with Crippen LogP contribution in [0.2, 0.25) is 0 Å². The number of nitrogen functional groups attached to an aromatic ring is 1. The van der Waals surface area contributed by atoms with E-state index in [1.54, 1.807) is 11.8 Å². The number of nitrogens with zero attached hydrogens (tertiary/aromatic N) is 2. The van der Waals surface area contributed by atoms with Crippen LogP contribution in [0.5, 0.6) is 0 Å². The highest BCUT2D eigenvalue weighted by Gasteiger charge is 2.17. The predicted octanol–water partition coefficient (Wildman–Crippen LogP) is 3.60. The second-order valence-electron chi connectivity index (χ2n) is 4.55. The molecule has 3 rings (SSSR count). The highest BCUT2D eigenvalue weighted by Crippen LogP contribution is 2.27. The molecular weight excluding hydrogens is 322 g/mol. The molecule has 3 nitrogen and oxygen atoms in total. The smallest absolute Gasteiger partial charge is 0.141 e. The minimum Gasteiger partial charge on any atom is -0.383 e. The van der Waals surface area contributed by atoms with E-state index in [2.05, 4.69) is 38.0 Å². The normalized spacial score (nSPS) is 13.5. The van der Waals surface area contributed by atoms with E-state index in [9.17, 15) is 0 Å². The summed E-state index contributed by atoms with van der Waals surface area (Å²) in [6.07, 6.45) is 3.22. The Morgan fingerprint density at radius 2 is 1.95 bits per heavy atom. The monoisotopic (exact) mass is 335 g/mol. The van der Waals surface area contributed by atoms with Crippen molar-refractivity contribution in [3.05, 3.63) is 45.8 Å². The molecule has 1 aromatic heterocycles. The van der Waals surface area contributed by atoms with E-state index in [0.717, 1.165) is 46.6 Å². The fraction of sp³-hybridized carbons (Fsp3) is 0.286. The van der Waals surface area contributed by atoms with Gasteiger partial charge < -0.3 is 5.73 Å². The molecule has 2 N–H and O–H groups in total. The van der Waals surface area contributed by atoms with Crippen LogP contribution >= 0.6 is 27.7 Å². The van der Waals surface area contributed by atoms with Gasteiger partial charge >= 0.3 is 0 Å². The number of nitrogens with two attached hydrogens (primary N) is 1. The van der Waals surface area contributed by atoms with Crippen molar-refractivity contribution >= 4 is 33.5 Å². The fourth-order valence-electron chi connectivity index (χ4n) is 2.26. The first kappa shape index (κ1) is 12.9. The molecule has 2 aromatic rings. The molecule has 1 aliphatic rings. The summed E-state index contributed by atoms with van der Waals surface area (Å²) in [5.74, 6) is 2.28. The summed E-state index contributed by atoms with van der Waals surface area (Å²) in [6.45, 7) is 0. The van der Waals surface area contributed by atoms with Crippen LogP contribution in [0.4, 0.5) is 5.82 Å². The largest absolute Gasteiger partial charge is 0.383 e. The summed E-state index contributed by atoms with van der Waals surface area (Å²) in [5.41, 5.74) is 8.31. The number of halogens is 1. The quantitative estimate of drug-likeness (QED) is 0.870. The van der Waals surface area contributed by atoms with E-state index in [1.165, 1.54) is 4.90 Å². The molecule has 0 unspecified atom stereocenters. The van der Waals surface area contributed by atoms with E-state index in [1.807, 2.05) is 12.1 Å². The molecule has 98 valence electrons. The number of aromatic nitrogens is 2. The van der Waals surface area contributed by atoms with Crippen molar-refractivity contribution in [2.45, 2.75) is 29.9 Å². The third kappa shape index (κ3) is 2.92. The molecule has 0 bridgehead atoms. The number of hydrogen-bond donors (Lipinski definition) is 1. The summed E-state index contributed by atoms with van der Waals surface area (Å²) in [6, 6.07) is 8.26. The number of rotatable bonds is 3. The van der Waals surface area contributed by atoms with E-state index in [4.69, 9.17) is 5.73 Å². The number of aryl methyl sites for hydroxylation is 1. The van der Waals surface area contributed by atoms with E-state index in [-0.39, 0.29) is 0 Å². The van der Waals surface area contributed by atoms with Gasteiger partial charge in [-0.1, -0.05) is 15.9 Å². The number of thioether (sulfide) groups is 1. The molecule has 0 fully saturated rings. The SMILES string of the molecule is Nc1nc(CSc2ccc(Br)cc2)nc2c1CCC2. The van der Waals surface area contributed by atoms with Gasteiger partial charge in [-0.25, -0.2) is 9.97 Å². The minimum atomic E-state index is 0.675. The maximum absolute atomic E-state index is 5.99. The zero-order valence-electron chi connectivity index (χ0n) is 10.4. The summed E-state index contributed by atoms with van der Waals surface area (Å²) >= 11 is 5.17. The van der Waals surface area contributed by atoms with Crippen molar-refractivity contribution in [3.63, 3.8) is 0 Å². The van der Waals surface area contributed by atoms with Gasteiger partial charge in [-0.05, 0) is 43.5 Å². The van der Waals surface area contributed by atoms with E-state index < -0.39 is 0 Å². The van der Waals surface area contributed by atoms with Gasteiger partial charge in [-0.3, -0.25) is 0 Å². The van der Waals surface area contributed by atoms with Crippen LogP contribution in [0, 0.1) is 0 Å². The van der Waals surface area contributed by atoms with Crippen LogP contribution in [0.3, 0.4) is 0 Å². The third-order valence-corrected chi connectivity index (χ3v) is 4.73. The van der Waals surface area contributed by atoms with Gasteiger partial charge in [0.15, 0.2) is 0 Å². The van der Waals surface area contributed by atoms with Crippen LogP contribution in [0.1, 0.15) is 23.5 Å². The lowest BCUT2D eigenvalue weighted by Crippen LogP contribution is -2.04. The Morgan fingerprint density at radius 1 is 1.16 bits per heavy atom. The molecule has 1 aromatic carbocycles. The summed E-state index contributed by atoms with van der Waals surface area (Å²) in [4.78, 5) is 10.3. The first-order chi connectivity index (χ1) is 9.22. The highest BCUT2D eigenvalue weighted by atomic mass is 79.9. The Kier molecular flexibility index (Phi) is 3.75. The standard InChI is InChI=1S/C14H14BrN3S/c15-9-4-6-10(7-5-9)19-8-13-17-12-3-1-2-11(12)14(16)18-13/h4-7H,1-3,8H2,(H2,16,17,18). The van der Waals surface area contributed by atoms with Crippen molar-refractivity contribution in [2.75, 3.05) is 5.73 Å². The van der Waals surface area contributed by atoms with Crippen molar-refractivity contribution in [1.29, 1.82) is 0 Å². The molecule has 0 atom stereocenters. The fourth-order valence-corrected chi connectivity index (χ4v) is 3.28. The van der Waals surface area contributed by atoms with Crippen molar-refractivity contribution in [1.82, 2.24) is 9.97 Å². The van der Waals surface area contributed by atoms with Crippen LogP contribution in [0.25, 0.3) is 0 Å². The number of benzene rings is 1. The first-order valence-corrected chi connectivity index (χ1v) is 8.03. The lowest BCUT2D eigenvalue weighted by atomic mass is 10.2. The van der Waals surface area contributed by atoms with Crippen molar-refractivity contribution in [3.8, 4) is 0 Å². The molecule has 0 aliphatic heterocycles. The number of fused-ring (bicyclic) bond motifs is 1. The molecule has 0 amide bonds. The number of hydrogen-bond acceptors (Lipinski definition) is 4. The van der Waals surface area contributed by atoms with Gasteiger partial charge in [0.1, 0.15) is 11.6 Å². The van der Waals surface area contributed by atoms with Crippen LogP contribution in [-0.4, -0.2) is 9.97 Å². The second-order valence-corrected chi connectivity index (χ2v) is 6.51. The van der Waals surface area contributed by atoms with Gasteiger partial charge in [0, 0.05) is 20.6 Å². The molecule has 0 spiro atoms. The second kappa shape index (κ2) is 5.51. The summed E-state index contributed by atoms with van der Waals surface area (Å²) < 4.78 is 1.09. The van der Waals surface area contributed by atoms with Crippen LogP contribution in [-0.2, 0) is 18.6 Å². The Bertz CT molecular complexity index is 598. The Labute approximate surface area is 125 Å². The van der Waals surface area contributed by atoms with Crippen LogP contribution < -0.4 is 5.73 Å². The molecule has 1 heterocycles. The minimum absolute atomic E-state index is 0.675. The Morgan fingerprint density at radius 3 is 2.74 bits per heavy atom. The van der Waals surface area contributed by atoms with Gasteiger partial charge in [-0.2, -0.15) is 0 Å². The zero-order chi connectivity index (χ0) is 13.2. The molecule has 0 saturated carbocycles. The Hall–Kier alpha value is -1.07. The van der Waals surface area contributed by atoms with E-state index in [0.29, 0.717) is 5.82 Å². The van der Waals surface area contributed by atoms with Crippen LogP contribution in [0.15, 0.2) is 33.6 Å². The molecule has 0 radical (unpaired) electrons. The average Bonchev–Trinajstić information content (AvgIpc) is 2.87. The summed E-state index contributed by atoms with van der Waals surface area (Å²) in [5, 5.41) is 0. The third-order valence-electron chi connectivity index (χ3n) is 3.19. The van der Waals surface area contributed by atoms with Gasteiger partial charge in [0.25, 0.3) is 0 Å². The lowest BCUT2D eigenvalue weighted by Gasteiger charge is -2.06. The van der Waals surface area contributed by atoms with Gasteiger partial charge in [0.05, 0.1) is 5.75 Å². The van der Waals surface area contributed by atoms with Gasteiger partial charge in [-0.15, -0.1) is 11.8 Å². The highest BCUT2D eigenvalue weighted by molar-refractivity contribution is 9.10. The Balaban J connectivity index is 1.73. The lowest BCUT2D eigenvalue weighted by molar-refractivity contribution is 0.893. The first-order valence-electron chi connectivity index (χ1n) is 6.25.